The first-order chi connectivity index (χ1) is 17.0. The van der Waals surface area contributed by atoms with Crippen LogP contribution in [0.5, 0.6) is 0 Å². The van der Waals surface area contributed by atoms with Gasteiger partial charge in [-0.15, -0.1) is 11.3 Å². The van der Waals surface area contributed by atoms with Crippen LogP contribution in [0.2, 0.25) is 0 Å². The first-order valence-corrected chi connectivity index (χ1v) is 14.4. The van der Waals surface area contributed by atoms with Crippen molar-refractivity contribution in [3.8, 4) is 0 Å². The van der Waals surface area contributed by atoms with Crippen LogP contribution in [0.4, 0.5) is 5.00 Å². The van der Waals surface area contributed by atoms with Gasteiger partial charge in [-0.2, -0.15) is 4.31 Å². The highest BCUT2D eigenvalue weighted by Crippen LogP contribution is 2.38. The number of morpholine rings is 1. The maximum atomic E-state index is 13.1. The van der Waals surface area contributed by atoms with E-state index >= 15 is 0 Å². The summed E-state index contributed by atoms with van der Waals surface area (Å²) in [6.45, 7) is 10.2. The van der Waals surface area contributed by atoms with E-state index in [0.29, 0.717) is 22.2 Å². The zero-order chi connectivity index (χ0) is 26.2. The fourth-order valence-electron chi connectivity index (χ4n) is 4.75. The molecule has 2 amide bonds. The van der Waals surface area contributed by atoms with Crippen molar-refractivity contribution in [1.82, 2.24) is 14.5 Å². The number of carbonyl (C=O) groups excluding carboxylic acids is 2. The molecule has 1 aromatic carbocycles. The van der Waals surface area contributed by atoms with Gasteiger partial charge >= 0.3 is 0 Å². The van der Waals surface area contributed by atoms with Gasteiger partial charge in [0.05, 0.1) is 22.7 Å². The predicted octanol–water partition coefficient (Wildman–Crippen LogP) is 2.92. The number of thiophene rings is 1. The average Bonchev–Trinajstić information content (AvgIpc) is 3.19. The Bertz CT molecular complexity index is 1230. The van der Waals surface area contributed by atoms with Crippen LogP contribution >= 0.6 is 11.3 Å². The van der Waals surface area contributed by atoms with E-state index in [1.54, 1.807) is 7.05 Å². The molecule has 0 bridgehead atoms. The van der Waals surface area contributed by atoms with Crippen LogP contribution in [0.3, 0.4) is 0 Å². The van der Waals surface area contributed by atoms with Gasteiger partial charge in [0.25, 0.3) is 11.8 Å². The van der Waals surface area contributed by atoms with Gasteiger partial charge in [-0.05, 0) is 63.9 Å². The third kappa shape index (κ3) is 5.35. The number of fused-ring (bicyclic) bond motifs is 1. The molecule has 0 aliphatic carbocycles. The number of amides is 2. The van der Waals surface area contributed by atoms with Gasteiger partial charge in [0.1, 0.15) is 5.00 Å². The number of rotatable bonds is 6. The topological polar surface area (TPSA) is 108 Å². The summed E-state index contributed by atoms with van der Waals surface area (Å²) >= 11 is 1.43. The fraction of sp³-hybridized carbons (Fsp3) is 0.520. The molecule has 2 N–H and O–H groups in total. The van der Waals surface area contributed by atoms with E-state index in [2.05, 4.69) is 29.4 Å². The van der Waals surface area contributed by atoms with Crippen LogP contribution in [0.25, 0.3) is 0 Å². The summed E-state index contributed by atoms with van der Waals surface area (Å²) in [6.07, 6.45) is 0.369. The Labute approximate surface area is 216 Å². The Kier molecular flexibility index (Phi) is 7.86. The number of hydrogen-bond donors (Lipinski definition) is 2. The molecule has 1 fully saturated rings. The maximum absolute atomic E-state index is 13.1. The molecule has 2 aliphatic heterocycles. The normalized spacial score (nSPS) is 21.3. The molecule has 1 aromatic heterocycles. The number of nitrogens with zero attached hydrogens (tertiary/aromatic N) is 2. The molecule has 3 heterocycles. The Morgan fingerprint density at radius 2 is 1.72 bits per heavy atom. The molecule has 196 valence electrons. The Balaban J connectivity index is 1.54. The molecule has 11 heteroatoms. The van der Waals surface area contributed by atoms with Gasteiger partial charge in [0.2, 0.25) is 10.0 Å². The highest BCUT2D eigenvalue weighted by Gasteiger charge is 2.33. The van der Waals surface area contributed by atoms with E-state index in [1.165, 1.54) is 39.9 Å². The van der Waals surface area contributed by atoms with Crippen LogP contribution in [0, 0.1) is 0 Å². The van der Waals surface area contributed by atoms with E-state index in [-0.39, 0.29) is 36.1 Å². The quantitative estimate of drug-likeness (QED) is 0.590. The molecule has 9 nitrogen and oxygen atoms in total. The summed E-state index contributed by atoms with van der Waals surface area (Å²) in [5, 5.41) is 6.11. The fourth-order valence-corrected chi connectivity index (χ4v) is 7.60. The first-order valence-electron chi connectivity index (χ1n) is 12.2. The van der Waals surface area contributed by atoms with Crippen molar-refractivity contribution in [2.24, 2.45) is 0 Å². The molecule has 4 rings (SSSR count). The minimum absolute atomic E-state index is 0.131. The second kappa shape index (κ2) is 10.6. The van der Waals surface area contributed by atoms with Crippen LogP contribution in [0.1, 0.15) is 58.9 Å². The summed E-state index contributed by atoms with van der Waals surface area (Å²) in [4.78, 5) is 29.3. The molecule has 0 spiro atoms. The Morgan fingerprint density at radius 3 is 2.31 bits per heavy atom. The Morgan fingerprint density at radius 1 is 1.08 bits per heavy atom. The summed E-state index contributed by atoms with van der Waals surface area (Å²) in [5.74, 6) is -0.617. The number of ether oxygens (including phenoxy) is 1. The highest BCUT2D eigenvalue weighted by molar-refractivity contribution is 7.89. The lowest BCUT2D eigenvalue weighted by Crippen LogP contribution is -2.48. The van der Waals surface area contributed by atoms with Crippen LogP contribution in [-0.2, 0) is 27.7 Å². The van der Waals surface area contributed by atoms with Crippen LogP contribution < -0.4 is 10.6 Å². The van der Waals surface area contributed by atoms with Crippen molar-refractivity contribution in [2.75, 3.05) is 32.0 Å². The zero-order valence-corrected chi connectivity index (χ0v) is 23.0. The molecule has 2 aliphatic rings. The van der Waals surface area contributed by atoms with E-state index in [0.717, 1.165) is 30.0 Å². The van der Waals surface area contributed by atoms with Crippen LogP contribution in [-0.4, -0.2) is 74.4 Å². The van der Waals surface area contributed by atoms with E-state index < -0.39 is 15.9 Å². The number of carbonyl (C=O) groups is 2. The van der Waals surface area contributed by atoms with Crippen molar-refractivity contribution in [3.63, 3.8) is 0 Å². The van der Waals surface area contributed by atoms with Crippen LogP contribution in [0.15, 0.2) is 29.2 Å². The molecule has 2 aromatic rings. The minimum Gasteiger partial charge on any atom is -0.373 e. The second-order valence-corrected chi connectivity index (χ2v) is 12.7. The molecule has 36 heavy (non-hydrogen) atoms. The van der Waals surface area contributed by atoms with Crippen molar-refractivity contribution in [3.05, 3.63) is 45.8 Å². The second-order valence-electron chi connectivity index (χ2n) is 9.66. The zero-order valence-electron chi connectivity index (χ0n) is 21.3. The first kappa shape index (κ1) is 26.7. The van der Waals surface area contributed by atoms with Gasteiger partial charge < -0.3 is 15.4 Å². The Hall–Kier alpha value is -2.31. The number of nitrogens with one attached hydrogen (secondary N) is 2. The van der Waals surface area contributed by atoms with Crippen molar-refractivity contribution in [1.29, 1.82) is 0 Å². The van der Waals surface area contributed by atoms with E-state index in [9.17, 15) is 18.0 Å². The SMILES string of the molecule is CNC(=O)c1c(NC(=O)c2ccc(S(=O)(=O)N3C[C@@H](C)O[C@H](C)C3)cc2)sc2c1CCN(C(C)C)C2. The lowest BCUT2D eigenvalue weighted by molar-refractivity contribution is -0.0440. The van der Waals surface area contributed by atoms with Gasteiger partial charge in [-0.1, -0.05) is 0 Å². The minimum atomic E-state index is -3.70. The molecule has 0 radical (unpaired) electrons. The standard InChI is InChI=1S/C25H34N4O5S2/c1-15(2)28-11-10-20-21(14-28)35-25(22(20)24(31)26-5)27-23(30)18-6-8-19(9-7-18)36(32,33)29-12-16(3)34-17(4)13-29/h6-9,15-17H,10-14H2,1-5H3,(H,26,31)(H,27,30)/t16-,17-/m1/s1. The number of sulfonamides is 1. The summed E-state index contributed by atoms with van der Waals surface area (Å²) in [5.41, 5.74) is 1.82. The smallest absolute Gasteiger partial charge is 0.256 e. The van der Waals surface area contributed by atoms with Gasteiger partial charge in [-0.3, -0.25) is 14.5 Å². The van der Waals surface area contributed by atoms with E-state index in [1.807, 2.05) is 13.8 Å². The molecule has 2 atom stereocenters. The van der Waals surface area contributed by atoms with E-state index in [4.69, 9.17) is 4.74 Å². The maximum Gasteiger partial charge on any atom is 0.256 e. The van der Waals surface area contributed by atoms with Gasteiger partial charge in [-0.25, -0.2) is 8.42 Å². The third-order valence-electron chi connectivity index (χ3n) is 6.64. The molecule has 0 saturated carbocycles. The lowest BCUT2D eigenvalue weighted by atomic mass is 10.0. The lowest BCUT2D eigenvalue weighted by Gasteiger charge is -2.34. The van der Waals surface area contributed by atoms with Crippen molar-refractivity contribution in [2.45, 2.75) is 63.8 Å². The molecular formula is C25H34N4O5S2. The highest BCUT2D eigenvalue weighted by atomic mass is 32.2. The number of anilines is 1. The van der Waals surface area contributed by atoms with Crippen molar-refractivity contribution < 1.29 is 22.7 Å². The van der Waals surface area contributed by atoms with Crippen molar-refractivity contribution >= 4 is 38.2 Å². The average molecular weight is 535 g/mol. The summed E-state index contributed by atoms with van der Waals surface area (Å²) < 4.78 is 33.3. The largest absolute Gasteiger partial charge is 0.373 e. The number of benzene rings is 1. The molecule has 1 saturated heterocycles. The molecule has 0 unspecified atom stereocenters. The monoisotopic (exact) mass is 534 g/mol. The number of hydrogen-bond acceptors (Lipinski definition) is 7. The van der Waals surface area contributed by atoms with Gasteiger partial charge in [0, 0.05) is 49.7 Å². The predicted molar refractivity (Wildman–Crippen MR) is 140 cm³/mol. The van der Waals surface area contributed by atoms with Gasteiger partial charge in [0.15, 0.2) is 0 Å². The summed E-state index contributed by atoms with van der Waals surface area (Å²) in [7, 11) is -2.12. The third-order valence-corrected chi connectivity index (χ3v) is 9.62. The summed E-state index contributed by atoms with van der Waals surface area (Å²) in [6, 6.07) is 6.30. The molecular weight excluding hydrogens is 500 g/mol.